The minimum absolute atomic E-state index is 0.178. The van der Waals surface area contributed by atoms with Crippen LogP contribution in [-0.2, 0) is 21.6 Å². The maximum atomic E-state index is 13.7. The number of benzene rings is 3. The molecule has 4 aliphatic carbocycles. The zero-order chi connectivity index (χ0) is 32.3. The molecule has 1 saturated heterocycles. The highest BCUT2D eigenvalue weighted by molar-refractivity contribution is 6.39. The molecule has 0 aromatic heterocycles. The molecular weight excluding hydrogens is 620 g/mol. The summed E-state index contributed by atoms with van der Waals surface area (Å²) >= 11 is 6.67. The van der Waals surface area contributed by atoms with E-state index >= 15 is 0 Å². The Hall–Kier alpha value is -4.50. The van der Waals surface area contributed by atoms with E-state index in [0.29, 0.717) is 40.9 Å². The number of hydrogen-bond donors (Lipinski definition) is 1. The molecule has 5 fully saturated rings. The molecule has 0 atom stereocenters. The standard InChI is InChI=1S/C37H35ClN2O7/c1-2-44-32-15-22(13-29(38)33(32)45-19-21-3-8-30-31(14-21)47-20-46-30)12-28-34(41)39-36(43)40(35(28)42)27-6-4-26(5-7-27)37-16-23-9-24(17-37)11-25(10-23)18-37/h3-8,12-15,23-25H,2,9-11,16-20H2,1H3,(H,39,41,43)/b28-12+. The van der Waals surface area contributed by atoms with Crippen molar-refractivity contribution < 1.29 is 33.3 Å². The van der Waals surface area contributed by atoms with E-state index in [1.165, 1.54) is 50.2 Å². The molecule has 2 heterocycles. The summed E-state index contributed by atoms with van der Waals surface area (Å²) in [5.41, 5.74) is 3.00. The molecule has 9 rings (SSSR count). The van der Waals surface area contributed by atoms with Crippen LogP contribution in [0, 0.1) is 17.8 Å². The van der Waals surface area contributed by atoms with E-state index in [9.17, 15) is 14.4 Å². The Bertz CT molecular complexity index is 1780. The fraction of sp³-hybridized carbons (Fsp3) is 0.378. The van der Waals surface area contributed by atoms with Crippen LogP contribution in [0.1, 0.15) is 62.1 Å². The lowest BCUT2D eigenvalue weighted by Crippen LogP contribution is -2.54. The number of ether oxygens (including phenoxy) is 4. The molecule has 4 saturated carbocycles. The van der Waals surface area contributed by atoms with Crippen LogP contribution in [-0.4, -0.2) is 31.2 Å². The molecule has 4 bridgehead atoms. The van der Waals surface area contributed by atoms with Crippen molar-refractivity contribution in [2.75, 3.05) is 18.3 Å². The number of halogens is 1. The average molecular weight is 655 g/mol. The molecule has 47 heavy (non-hydrogen) atoms. The van der Waals surface area contributed by atoms with Gasteiger partial charge in [0.2, 0.25) is 6.79 Å². The molecule has 0 unspecified atom stereocenters. The van der Waals surface area contributed by atoms with Crippen molar-refractivity contribution in [1.82, 2.24) is 5.32 Å². The summed E-state index contributed by atoms with van der Waals surface area (Å²) in [5.74, 6) is 2.93. The Kier molecular flexibility index (Phi) is 7.39. The van der Waals surface area contributed by atoms with Crippen LogP contribution in [0.25, 0.3) is 6.08 Å². The normalized spacial score (nSPS) is 26.6. The van der Waals surface area contributed by atoms with Crippen molar-refractivity contribution in [2.24, 2.45) is 17.8 Å². The molecule has 0 spiro atoms. The number of urea groups is 1. The molecule has 242 valence electrons. The summed E-state index contributed by atoms with van der Waals surface area (Å²) in [6.45, 7) is 2.53. The van der Waals surface area contributed by atoms with E-state index in [1.54, 1.807) is 12.1 Å². The van der Waals surface area contributed by atoms with Crippen LogP contribution in [0.15, 0.2) is 60.2 Å². The Morgan fingerprint density at radius 3 is 2.32 bits per heavy atom. The number of nitrogens with one attached hydrogen (secondary N) is 1. The molecule has 2 aliphatic heterocycles. The molecule has 10 heteroatoms. The Morgan fingerprint density at radius 1 is 0.915 bits per heavy atom. The van der Waals surface area contributed by atoms with Gasteiger partial charge in [0, 0.05) is 0 Å². The molecule has 3 aromatic rings. The summed E-state index contributed by atoms with van der Waals surface area (Å²) in [6, 6.07) is 15.8. The molecule has 1 N–H and O–H groups in total. The monoisotopic (exact) mass is 654 g/mol. The maximum absolute atomic E-state index is 13.7. The van der Waals surface area contributed by atoms with Crippen molar-refractivity contribution in [1.29, 1.82) is 0 Å². The average Bonchev–Trinajstić information content (AvgIpc) is 3.51. The third-order valence-electron chi connectivity index (χ3n) is 10.3. The van der Waals surface area contributed by atoms with Crippen molar-refractivity contribution in [3.8, 4) is 23.0 Å². The van der Waals surface area contributed by atoms with Crippen LogP contribution in [0.3, 0.4) is 0 Å². The number of carbonyl (C=O) groups is 3. The zero-order valence-corrected chi connectivity index (χ0v) is 26.8. The Balaban J connectivity index is 1.04. The number of nitrogens with zero attached hydrogens (tertiary/aromatic N) is 1. The summed E-state index contributed by atoms with van der Waals surface area (Å²) in [4.78, 5) is 40.7. The smallest absolute Gasteiger partial charge is 0.335 e. The first-order valence-corrected chi connectivity index (χ1v) is 16.7. The third-order valence-corrected chi connectivity index (χ3v) is 10.6. The van der Waals surface area contributed by atoms with Gasteiger partial charge in [-0.2, -0.15) is 0 Å². The van der Waals surface area contributed by atoms with Crippen LogP contribution in [0.5, 0.6) is 23.0 Å². The molecule has 6 aliphatic rings. The van der Waals surface area contributed by atoms with Crippen LogP contribution >= 0.6 is 11.6 Å². The van der Waals surface area contributed by atoms with Crippen molar-refractivity contribution >= 4 is 41.2 Å². The second-order valence-corrected chi connectivity index (χ2v) is 13.8. The first kappa shape index (κ1) is 29.9. The lowest BCUT2D eigenvalue weighted by atomic mass is 9.48. The molecule has 3 aromatic carbocycles. The van der Waals surface area contributed by atoms with Crippen LogP contribution < -0.4 is 29.2 Å². The number of amides is 4. The molecule has 9 nitrogen and oxygen atoms in total. The van der Waals surface area contributed by atoms with Crippen molar-refractivity contribution in [3.05, 3.63) is 81.9 Å². The largest absolute Gasteiger partial charge is 0.490 e. The minimum Gasteiger partial charge on any atom is -0.490 e. The Morgan fingerprint density at radius 2 is 1.62 bits per heavy atom. The SMILES string of the molecule is CCOc1cc(/C=C2\C(=O)NC(=O)N(c3ccc(C45CC6CC(CC(C6)C4)C5)cc3)C2=O)cc(Cl)c1OCc1ccc2c(c1)OCO2. The summed E-state index contributed by atoms with van der Waals surface area (Å²) in [7, 11) is 0. The summed E-state index contributed by atoms with van der Waals surface area (Å²) < 4.78 is 22.7. The van der Waals surface area contributed by atoms with E-state index in [4.69, 9.17) is 30.5 Å². The van der Waals surface area contributed by atoms with Gasteiger partial charge in [0.05, 0.1) is 17.3 Å². The van der Waals surface area contributed by atoms with Gasteiger partial charge in [0.15, 0.2) is 23.0 Å². The topological polar surface area (TPSA) is 103 Å². The lowest BCUT2D eigenvalue weighted by Gasteiger charge is -2.57. The number of rotatable bonds is 8. The summed E-state index contributed by atoms with van der Waals surface area (Å²) in [5, 5.41) is 2.56. The predicted octanol–water partition coefficient (Wildman–Crippen LogP) is 7.18. The van der Waals surface area contributed by atoms with Crippen LogP contribution in [0.2, 0.25) is 5.02 Å². The number of imide groups is 2. The van der Waals surface area contributed by atoms with Crippen molar-refractivity contribution in [3.63, 3.8) is 0 Å². The van der Waals surface area contributed by atoms with Gasteiger partial charge in [-0.25, -0.2) is 9.69 Å². The zero-order valence-electron chi connectivity index (χ0n) is 26.1. The quantitative estimate of drug-likeness (QED) is 0.203. The van der Waals surface area contributed by atoms with Gasteiger partial charge >= 0.3 is 6.03 Å². The van der Waals surface area contributed by atoms with Gasteiger partial charge in [0.1, 0.15) is 12.2 Å². The predicted molar refractivity (Wildman–Crippen MR) is 175 cm³/mol. The van der Waals surface area contributed by atoms with Gasteiger partial charge in [-0.1, -0.05) is 29.8 Å². The van der Waals surface area contributed by atoms with Crippen LogP contribution in [0.4, 0.5) is 10.5 Å². The highest BCUT2D eigenvalue weighted by Crippen LogP contribution is 2.60. The molecular formula is C37H35ClN2O7. The van der Waals surface area contributed by atoms with E-state index in [1.807, 2.05) is 37.3 Å². The fourth-order valence-electron chi connectivity index (χ4n) is 8.75. The second-order valence-electron chi connectivity index (χ2n) is 13.4. The summed E-state index contributed by atoms with van der Waals surface area (Å²) in [6.07, 6.45) is 9.15. The van der Waals surface area contributed by atoms with E-state index < -0.39 is 17.8 Å². The molecule has 4 amide bonds. The first-order chi connectivity index (χ1) is 22.8. The number of hydrogen-bond acceptors (Lipinski definition) is 7. The van der Waals surface area contributed by atoms with Gasteiger partial charge in [0.25, 0.3) is 11.8 Å². The van der Waals surface area contributed by atoms with Gasteiger partial charge in [-0.15, -0.1) is 0 Å². The third kappa shape index (κ3) is 5.40. The van der Waals surface area contributed by atoms with E-state index in [2.05, 4.69) is 17.4 Å². The van der Waals surface area contributed by atoms with Gasteiger partial charge < -0.3 is 18.9 Å². The maximum Gasteiger partial charge on any atom is 0.335 e. The Labute approximate surface area is 277 Å². The fourth-order valence-corrected chi connectivity index (χ4v) is 9.02. The number of carbonyl (C=O) groups excluding carboxylic acids is 3. The number of anilines is 1. The lowest BCUT2D eigenvalue weighted by molar-refractivity contribution is -0.122. The molecule has 0 radical (unpaired) electrons. The number of barbiturate groups is 1. The second kappa shape index (κ2) is 11.6. The van der Waals surface area contributed by atoms with E-state index in [0.717, 1.165) is 28.2 Å². The van der Waals surface area contributed by atoms with E-state index in [-0.39, 0.29) is 29.4 Å². The van der Waals surface area contributed by atoms with Gasteiger partial charge in [-0.3, -0.25) is 14.9 Å². The number of fused-ring (bicyclic) bond motifs is 1. The highest BCUT2D eigenvalue weighted by Gasteiger charge is 2.51. The van der Waals surface area contributed by atoms with Crippen molar-refractivity contribution in [2.45, 2.75) is 57.5 Å². The highest BCUT2D eigenvalue weighted by atomic mass is 35.5. The minimum atomic E-state index is -0.779. The first-order valence-electron chi connectivity index (χ1n) is 16.3. The van der Waals surface area contributed by atoms with Gasteiger partial charge in [-0.05, 0) is 128 Å².